The molecule has 0 bridgehead atoms. The number of hydrogen-bond acceptors (Lipinski definition) is 1. The van der Waals surface area contributed by atoms with Gasteiger partial charge in [0.15, 0.2) is 0 Å². The highest BCUT2D eigenvalue weighted by molar-refractivity contribution is 7.79. The number of quaternary nitrogens is 1. The van der Waals surface area contributed by atoms with E-state index in [4.69, 9.17) is 0 Å². The summed E-state index contributed by atoms with van der Waals surface area (Å²) in [7, 11) is 0. The van der Waals surface area contributed by atoms with Crippen molar-refractivity contribution in [1.82, 2.24) is 5.34 Å². The Morgan fingerprint density at radius 3 is 1.82 bits per heavy atom. The number of nitrogens with zero attached hydrogens (tertiary/aromatic N) is 2. The van der Waals surface area contributed by atoms with Crippen LogP contribution in [-0.2, 0) is 0 Å². The third kappa shape index (κ3) is 2.30. The summed E-state index contributed by atoms with van der Waals surface area (Å²) in [5, 5.41) is -2.35. The normalized spacial score (nSPS) is 11.4. The Hall–Kier alpha value is -0.360. The van der Waals surface area contributed by atoms with Crippen molar-refractivity contribution in [3.05, 3.63) is 0 Å². The zero-order valence-corrected chi connectivity index (χ0v) is 7.17. The molecular weight excluding hydrogens is 177 g/mol. The highest BCUT2D eigenvalue weighted by Crippen LogP contribution is 2.13. The summed E-state index contributed by atoms with van der Waals surface area (Å²) < 4.78 is 35.3. The van der Waals surface area contributed by atoms with Gasteiger partial charge in [-0.1, -0.05) is 13.7 Å². The standard InChI is InChI=1S/C5H10F3N2S/c1-3-10(8,4-2)5(11)9(6)7/h3-4H2,1-2H3/q+1. The molecule has 0 atom stereocenters. The molecule has 2 nitrogen and oxygen atoms in total. The van der Waals surface area contributed by atoms with Crippen LogP contribution in [0.1, 0.15) is 13.8 Å². The molecule has 0 aliphatic heterocycles. The van der Waals surface area contributed by atoms with Crippen LogP contribution in [0.4, 0.5) is 13.4 Å². The molecule has 0 unspecified atom stereocenters. The Kier molecular flexibility index (Phi) is 3.74. The molecule has 0 radical (unpaired) electrons. The fourth-order valence-corrected chi connectivity index (χ4v) is 0.888. The summed E-state index contributed by atoms with van der Waals surface area (Å²) in [6, 6.07) is 0. The van der Waals surface area contributed by atoms with Gasteiger partial charge in [-0.25, -0.2) is 0 Å². The van der Waals surface area contributed by atoms with E-state index in [0.717, 1.165) is 0 Å². The van der Waals surface area contributed by atoms with Gasteiger partial charge in [0, 0.05) is 22.0 Å². The van der Waals surface area contributed by atoms with Gasteiger partial charge in [0.1, 0.15) is 13.1 Å². The van der Waals surface area contributed by atoms with E-state index in [9.17, 15) is 13.4 Å². The van der Waals surface area contributed by atoms with Crippen molar-refractivity contribution >= 4 is 17.3 Å². The van der Waals surface area contributed by atoms with Gasteiger partial charge in [0.2, 0.25) is 0 Å². The van der Waals surface area contributed by atoms with Crippen LogP contribution >= 0.6 is 12.2 Å². The van der Waals surface area contributed by atoms with Crippen LogP contribution in [0.5, 0.6) is 0 Å². The second kappa shape index (κ2) is 3.87. The van der Waals surface area contributed by atoms with E-state index in [0.29, 0.717) is 0 Å². The van der Waals surface area contributed by atoms with Crippen LogP contribution in [0.15, 0.2) is 0 Å². The maximum atomic E-state index is 13.2. The van der Waals surface area contributed by atoms with Crippen LogP contribution in [0.25, 0.3) is 0 Å². The van der Waals surface area contributed by atoms with Crippen LogP contribution < -0.4 is 0 Å². The van der Waals surface area contributed by atoms with Gasteiger partial charge in [-0.15, -0.1) is 0 Å². The van der Waals surface area contributed by atoms with Gasteiger partial charge in [0.25, 0.3) is 0 Å². The summed E-state index contributed by atoms with van der Waals surface area (Å²) in [5.74, 6) is 0. The number of halogens is 3. The Bertz CT molecular complexity index is 147. The first-order chi connectivity index (χ1) is 4.98. The average Bonchev–Trinajstić information content (AvgIpc) is 2.01. The lowest BCUT2D eigenvalue weighted by Gasteiger charge is -2.21. The van der Waals surface area contributed by atoms with Crippen molar-refractivity contribution < 1.29 is 18.1 Å². The number of rotatable bonds is 2. The van der Waals surface area contributed by atoms with Gasteiger partial charge >= 0.3 is 5.11 Å². The second-order valence-electron chi connectivity index (χ2n) is 2.01. The van der Waals surface area contributed by atoms with E-state index >= 15 is 0 Å². The lowest BCUT2D eigenvalue weighted by Crippen LogP contribution is -2.48. The van der Waals surface area contributed by atoms with Crippen LogP contribution in [0.3, 0.4) is 0 Å². The maximum absolute atomic E-state index is 13.2. The first-order valence-corrected chi connectivity index (χ1v) is 3.61. The smallest absolute Gasteiger partial charge is 0.0709 e. The summed E-state index contributed by atoms with van der Waals surface area (Å²) in [4.78, 5) is 0. The largest absolute Gasteiger partial charge is 0.370 e. The quantitative estimate of drug-likeness (QED) is 0.481. The van der Waals surface area contributed by atoms with Gasteiger partial charge in [-0.05, 0) is 13.8 Å². The predicted molar refractivity (Wildman–Crippen MR) is 39.1 cm³/mol. The topological polar surface area (TPSA) is 3.24 Å². The van der Waals surface area contributed by atoms with Crippen LogP contribution in [0, 0.1) is 0 Å². The third-order valence-corrected chi connectivity index (χ3v) is 1.96. The monoisotopic (exact) mass is 187 g/mol. The maximum Gasteiger partial charge on any atom is 0.370 e. The van der Waals surface area contributed by atoms with E-state index in [1.165, 1.54) is 13.8 Å². The van der Waals surface area contributed by atoms with Crippen molar-refractivity contribution in [2.45, 2.75) is 13.8 Å². The first kappa shape index (κ1) is 10.6. The Morgan fingerprint density at radius 1 is 1.36 bits per heavy atom. The minimum atomic E-state index is -1.39. The molecule has 0 saturated carbocycles. The van der Waals surface area contributed by atoms with E-state index < -0.39 is 15.2 Å². The van der Waals surface area contributed by atoms with Crippen LogP contribution in [0.2, 0.25) is 0 Å². The molecule has 11 heavy (non-hydrogen) atoms. The molecule has 0 aliphatic rings. The molecule has 0 saturated heterocycles. The first-order valence-electron chi connectivity index (χ1n) is 3.21. The Labute approximate surface area is 68.6 Å². The molecule has 66 valence electrons. The fraction of sp³-hybridized carbons (Fsp3) is 0.800. The molecule has 6 heteroatoms. The molecule has 0 spiro atoms. The molecule has 0 heterocycles. The number of thiocarbonyl (C=S) groups is 1. The molecule has 0 fully saturated rings. The molecule has 0 rings (SSSR count). The predicted octanol–water partition coefficient (Wildman–Crippen LogP) is 2.08. The van der Waals surface area contributed by atoms with E-state index in [1.807, 2.05) is 0 Å². The van der Waals surface area contributed by atoms with E-state index in [-0.39, 0.29) is 13.1 Å². The Balaban J connectivity index is 4.37. The van der Waals surface area contributed by atoms with Gasteiger partial charge in [-0.2, -0.15) is 0 Å². The van der Waals surface area contributed by atoms with Crippen molar-refractivity contribution in [3.63, 3.8) is 0 Å². The van der Waals surface area contributed by atoms with Gasteiger partial charge in [0.05, 0.1) is 0 Å². The minimum absolute atomic E-state index is 0.0837. The zero-order chi connectivity index (χ0) is 9.07. The summed E-state index contributed by atoms with van der Waals surface area (Å²) in [5.41, 5.74) is 0. The average molecular weight is 187 g/mol. The van der Waals surface area contributed by atoms with Crippen molar-refractivity contribution in [3.8, 4) is 0 Å². The van der Waals surface area contributed by atoms with Crippen LogP contribution in [-0.4, -0.2) is 28.3 Å². The lowest BCUT2D eigenvalue weighted by atomic mass is 10.5. The lowest BCUT2D eigenvalue weighted by molar-refractivity contribution is -0.982. The minimum Gasteiger partial charge on any atom is -0.0709 e. The van der Waals surface area contributed by atoms with Crippen molar-refractivity contribution in [1.29, 1.82) is 0 Å². The fourth-order valence-electron chi connectivity index (χ4n) is 0.630. The zero-order valence-electron chi connectivity index (χ0n) is 6.35. The molecule has 0 aromatic rings. The summed E-state index contributed by atoms with van der Waals surface area (Å²) in [6.45, 7) is 2.75. The molecular formula is C5H10F3N2S+. The SMILES string of the molecule is CC[N+](F)(CC)C(=S)N(F)F. The molecule has 0 aliphatic carbocycles. The van der Waals surface area contributed by atoms with Crippen molar-refractivity contribution in [2.75, 3.05) is 13.1 Å². The number of hydrogen-bond donors (Lipinski definition) is 0. The molecule has 0 amide bonds. The highest BCUT2D eigenvalue weighted by Gasteiger charge is 2.36. The van der Waals surface area contributed by atoms with E-state index in [2.05, 4.69) is 12.2 Å². The molecule has 0 N–H and O–H groups in total. The summed E-state index contributed by atoms with van der Waals surface area (Å²) >= 11 is 4.18. The van der Waals surface area contributed by atoms with Gasteiger partial charge in [-0.3, -0.25) is 0 Å². The highest BCUT2D eigenvalue weighted by atomic mass is 32.1. The molecule has 0 aromatic carbocycles. The van der Waals surface area contributed by atoms with E-state index in [1.54, 1.807) is 0 Å². The van der Waals surface area contributed by atoms with Gasteiger partial charge < -0.3 is 0 Å². The molecule has 0 aromatic heterocycles. The summed E-state index contributed by atoms with van der Waals surface area (Å²) in [6.07, 6.45) is 0. The van der Waals surface area contributed by atoms with Crippen molar-refractivity contribution in [2.24, 2.45) is 0 Å². The third-order valence-electron chi connectivity index (χ3n) is 1.49. The second-order valence-corrected chi connectivity index (χ2v) is 2.38. The Morgan fingerprint density at radius 2 is 1.73 bits per heavy atom.